The lowest BCUT2D eigenvalue weighted by Crippen LogP contribution is -2.07. The number of anilines is 1. The summed E-state index contributed by atoms with van der Waals surface area (Å²) in [6, 6.07) is 5.65. The molecule has 0 radical (unpaired) electrons. The van der Waals surface area contributed by atoms with E-state index in [0.29, 0.717) is 33.6 Å². The fourth-order valence-corrected chi connectivity index (χ4v) is 4.12. The van der Waals surface area contributed by atoms with Crippen LogP contribution in [0, 0.1) is 12.3 Å². The fourth-order valence-electron chi connectivity index (χ4n) is 2.28. The van der Waals surface area contributed by atoms with Crippen molar-refractivity contribution >= 4 is 63.0 Å². The Morgan fingerprint density at radius 1 is 1.42 bits per heavy atom. The smallest absolute Gasteiger partial charge is 0.124 e. The topological polar surface area (TPSA) is 58.0 Å². The van der Waals surface area contributed by atoms with Crippen molar-refractivity contribution in [3.8, 4) is 5.75 Å². The van der Waals surface area contributed by atoms with Gasteiger partial charge in [0.2, 0.25) is 0 Å². The largest absolute Gasteiger partial charge is 0.486 e. The molecule has 0 aliphatic rings. The summed E-state index contributed by atoms with van der Waals surface area (Å²) >= 11 is 14.8. The standard InChI is InChI=1S/C16H17Cl2IN3OP/c1-8(20)12-6-11(4-5-14(12)22-24-19)23-10(3)15-13(17)7-21-9(2)16(15)18/h4-7,10,20,22,24H,1-3H3/t10-/m1/s1. The Morgan fingerprint density at radius 2 is 2.12 bits per heavy atom. The number of aryl methyl sites for hydroxylation is 1. The number of nitrogens with zero attached hydrogens (tertiary/aromatic N) is 1. The molecule has 128 valence electrons. The van der Waals surface area contributed by atoms with Crippen molar-refractivity contribution in [2.45, 2.75) is 26.9 Å². The van der Waals surface area contributed by atoms with E-state index in [1.807, 2.05) is 32.0 Å². The molecule has 0 fully saturated rings. The van der Waals surface area contributed by atoms with Crippen molar-refractivity contribution in [3.05, 3.63) is 51.3 Å². The summed E-state index contributed by atoms with van der Waals surface area (Å²) in [5.74, 6) is 0.660. The van der Waals surface area contributed by atoms with Gasteiger partial charge < -0.3 is 15.2 Å². The van der Waals surface area contributed by atoms with Gasteiger partial charge in [-0.3, -0.25) is 4.98 Å². The molecule has 2 atom stereocenters. The van der Waals surface area contributed by atoms with Gasteiger partial charge >= 0.3 is 0 Å². The van der Waals surface area contributed by atoms with E-state index in [-0.39, 0.29) is 6.10 Å². The number of ether oxygens (including phenoxy) is 1. The molecule has 0 saturated carbocycles. The van der Waals surface area contributed by atoms with Crippen LogP contribution in [-0.4, -0.2) is 10.7 Å². The van der Waals surface area contributed by atoms with Gasteiger partial charge in [-0.25, -0.2) is 0 Å². The van der Waals surface area contributed by atoms with Crippen LogP contribution in [0.3, 0.4) is 0 Å². The second kappa shape index (κ2) is 8.65. The second-order valence-corrected chi connectivity index (χ2v) is 8.07. The first-order chi connectivity index (χ1) is 11.3. The molecule has 2 aromatic rings. The monoisotopic (exact) mass is 495 g/mol. The van der Waals surface area contributed by atoms with Gasteiger partial charge in [-0.1, -0.05) is 23.2 Å². The van der Waals surface area contributed by atoms with E-state index in [4.69, 9.17) is 33.3 Å². The Morgan fingerprint density at radius 3 is 2.75 bits per heavy atom. The molecule has 1 unspecified atom stereocenters. The third kappa shape index (κ3) is 4.51. The molecule has 0 spiro atoms. The number of hydrogen-bond donors (Lipinski definition) is 2. The quantitative estimate of drug-likeness (QED) is 0.270. The molecular formula is C16H17Cl2IN3OP. The zero-order valence-corrected chi connectivity index (χ0v) is 18.0. The molecule has 2 rings (SSSR count). The number of nitrogens with one attached hydrogen (secondary N) is 2. The highest BCUT2D eigenvalue weighted by Crippen LogP contribution is 2.35. The van der Waals surface area contributed by atoms with E-state index in [1.54, 1.807) is 13.1 Å². The molecule has 4 nitrogen and oxygen atoms in total. The number of rotatable bonds is 6. The summed E-state index contributed by atoms with van der Waals surface area (Å²) in [6.45, 7) is 5.47. The van der Waals surface area contributed by atoms with Crippen LogP contribution in [0.4, 0.5) is 5.69 Å². The van der Waals surface area contributed by atoms with E-state index < -0.39 is 0 Å². The Hall–Kier alpha value is -0.620. The van der Waals surface area contributed by atoms with Crippen molar-refractivity contribution in [3.63, 3.8) is 0 Å². The molecule has 0 saturated heterocycles. The minimum Gasteiger partial charge on any atom is -0.486 e. The normalized spacial score (nSPS) is 12.4. The molecule has 0 aliphatic heterocycles. The molecule has 1 aromatic carbocycles. The van der Waals surface area contributed by atoms with Crippen molar-refractivity contribution in [1.82, 2.24) is 4.98 Å². The third-order valence-electron chi connectivity index (χ3n) is 3.48. The van der Waals surface area contributed by atoms with E-state index in [9.17, 15) is 0 Å². The Labute approximate surface area is 166 Å². The molecule has 0 bridgehead atoms. The van der Waals surface area contributed by atoms with E-state index in [0.717, 1.165) is 16.8 Å². The zero-order chi connectivity index (χ0) is 17.9. The van der Waals surface area contributed by atoms with Gasteiger partial charge in [0.15, 0.2) is 0 Å². The maximum Gasteiger partial charge on any atom is 0.124 e. The predicted molar refractivity (Wildman–Crippen MR) is 113 cm³/mol. The van der Waals surface area contributed by atoms with Gasteiger partial charge in [0.05, 0.1) is 15.7 Å². The van der Waals surface area contributed by atoms with Crippen molar-refractivity contribution < 1.29 is 4.74 Å². The summed E-state index contributed by atoms with van der Waals surface area (Å²) in [5, 5.41) is 12.2. The molecule has 1 aromatic heterocycles. The number of halogens is 3. The zero-order valence-electron chi connectivity index (χ0n) is 13.4. The maximum absolute atomic E-state index is 7.95. The van der Waals surface area contributed by atoms with Crippen LogP contribution in [-0.2, 0) is 0 Å². The van der Waals surface area contributed by atoms with Crippen LogP contribution in [0.5, 0.6) is 5.75 Å². The number of aromatic nitrogens is 1. The first-order valence-electron chi connectivity index (χ1n) is 7.13. The molecular weight excluding hydrogens is 479 g/mol. The Kier molecular flexibility index (Phi) is 7.10. The lowest BCUT2D eigenvalue weighted by molar-refractivity contribution is 0.227. The van der Waals surface area contributed by atoms with Gasteiger partial charge in [0.25, 0.3) is 0 Å². The number of benzene rings is 1. The molecule has 1 heterocycles. The first-order valence-corrected chi connectivity index (χ1v) is 12.0. The average molecular weight is 496 g/mol. The van der Waals surface area contributed by atoms with Gasteiger partial charge in [0.1, 0.15) is 11.9 Å². The van der Waals surface area contributed by atoms with Crippen LogP contribution in [0.2, 0.25) is 10.0 Å². The highest BCUT2D eigenvalue weighted by Gasteiger charge is 2.18. The van der Waals surface area contributed by atoms with Crippen molar-refractivity contribution in [2.75, 3.05) is 5.09 Å². The molecule has 0 amide bonds. The Bertz CT molecular complexity index is 773. The molecule has 0 aliphatic carbocycles. The lowest BCUT2D eigenvalue weighted by atomic mass is 10.1. The van der Waals surface area contributed by atoms with Crippen molar-refractivity contribution in [2.24, 2.45) is 0 Å². The summed E-state index contributed by atoms with van der Waals surface area (Å²) in [7, 11) is 0. The van der Waals surface area contributed by atoms with Gasteiger partial charge in [0, 0.05) is 35.1 Å². The first kappa shape index (κ1) is 19.7. The number of hydrogen-bond acceptors (Lipinski definition) is 4. The highest BCUT2D eigenvalue weighted by atomic mass is 127. The maximum atomic E-state index is 7.95. The van der Waals surface area contributed by atoms with Crippen molar-refractivity contribution in [1.29, 1.82) is 5.41 Å². The SMILES string of the molecule is CC(=N)c1cc(O[C@H](C)c2c(Cl)cnc(C)c2Cl)ccc1NPI. The summed E-state index contributed by atoms with van der Waals surface area (Å²) in [5.41, 5.74) is 3.64. The van der Waals surface area contributed by atoms with Crippen LogP contribution in [0.25, 0.3) is 0 Å². The van der Waals surface area contributed by atoms with Crippen LogP contribution in [0.15, 0.2) is 24.4 Å². The van der Waals surface area contributed by atoms with E-state index in [2.05, 4.69) is 32.1 Å². The van der Waals surface area contributed by atoms with Gasteiger partial charge in [-0.05, 0) is 61.0 Å². The lowest BCUT2D eigenvalue weighted by Gasteiger charge is -2.19. The number of pyridine rings is 1. The minimum atomic E-state index is -0.337. The molecule has 24 heavy (non-hydrogen) atoms. The molecule has 2 N–H and O–H groups in total. The second-order valence-electron chi connectivity index (χ2n) is 5.23. The van der Waals surface area contributed by atoms with Crippen LogP contribution in [0.1, 0.15) is 36.8 Å². The van der Waals surface area contributed by atoms with Gasteiger partial charge in [-0.15, -0.1) is 0 Å². The summed E-state index contributed by atoms with van der Waals surface area (Å²) < 4.78 is 6.02. The third-order valence-corrected chi connectivity index (χ3v) is 5.43. The van der Waals surface area contributed by atoms with E-state index >= 15 is 0 Å². The predicted octanol–water partition coefficient (Wildman–Crippen LogP) is 6.58. The summed E-state index contributed by atoms with van der Waals surface area (Å²) in [4.78, 5) is 4.14. The minimum absolute atomic E-state index is 0.337. The average Bonchev–Trinajstić information content (AvgIpc) is 2.53. The van der Waals surface area contributed by atoms with Gasteiger partial charge in [-0.2, -0.15) is 0 Å². The Balaban J connectivity index is 2.33. The summed E-state index contributed by atoms with van der Waals surface area (Å²) in [6.07, 6.45) is 1.78. The van der Waals surface area contributed by atoms with E-state index in [1.165, 1.54) is 0 Å². The molecule has 8 heteroatoms. The van der Waals surface area contributed by atoms with Crippen LogP contribution < -0.4 is 9.82 Å². The highest BCUT2D eigenvalue weighted by molar-refractivity contribution is 14.2. The van der Waals surface area contributed by atoms with Crippen LogP contribution >= 0.6 is 51.6 Å². The fraction of sp³-hybridized carbons (Fsp3) is 0.250.